The summed E-state index contributed by atoms with van der Waals surface area (Å²) in [5, 5.41) is 0.578. The SMILES string of the molecule is COc1cc2c(Oc3ccc(NS(=O)(=O)c4ccccc4F)cc3F)ccnc2cc1OCCCN1CCCCC1. The first-order valence-corrected chi connectivity index (χ1v) is 14.9. The molecule has 1 aromatic heterocycles. The van der Waals surface area contributed by atoms with E-state index in [1.165, 1.54) is 43.5 Å². The summed E-state index contributed by atoms with van der Waals surface area (Å²) in [7, 11) is -2.72. The Kier molecular flexibility index (Phi) is 8.84. The lowest BCUT2D eigenvalue weighted by molar-refractivity contribution is 0.203. The summed E-state index contributed by atoms with van der Waals surface area (Å²) >= 11 is 0. The van der Waals surface area contributed by atoms with Crippen LogP contribution in [0.3, 0.4) is 0 Å². The second-order valence-corrected chi connectivity index (χ2v) is 11.4. The fourth-order valence-electron chi connectivity index (χ4n) is 4.78. The van der Waals surface area contributed by atoms with Crippen molar-refractivity contribution in [3.63, 3.8) is 0 Å². The molecule has 1 N–H and O–H groups in total. The minimum absolute atomic E-state index is 0.0820. The summed E-state index contributed by atoms with van der Waals surface area (Å²) in [4.78, 5) is 6.33. The maximum Gasteiger partial charge on any atom is 0.264 e. The quantitative estimate of drug-likeness (QED) is 0.205. The normalized spacial score (nSPS) is 14.1. The van der Waals surface area contributed by atoms with Gasteiger partial charge in [-0.25, -0.2) is 17.2 Å². The number of nitrogens with zero attached hydrogens (tertiary/aromatic N) is 2. The molecule has 11 heteroatoms. The standard InChI is InChI=1S/C30H31F2N3O5S/c1-38-28-19-22-25(20-29(28)39-17-7-16-35-14-5-2-6-15-35)33-13-12-26(22)40-27-11-10-21(18-24(27)32)34-41(36,37)30-9-4-3-8-23(30)31/h3-4,8-13,18-20,34H,2,5-7,14-17H2,1H3. The number of benzene rings is 3. The highest BCUT2D eigenvalue weighted by atomic mass is 32.2. The van der Waals surface area contributed by atoms with Crippen molar-refractivity contribution in [3.05, 3.63) is 78.5 Å². The molecule has 0 aliphatic carbocycles. The van der Waals surface area contributed by atoms with E-state index in [9.17, 15) is 12.8 Å². The van der Waals surface area contributed by atoms with Crippen LogP contribution in [0.2, 0.25) is 0 Å². The van der Waals surface area contributed by atoms with Crippen LogP contribution in [0, 0.1) is 11.6 Å². The van der Waals surface area contributed by atoms with Gasteiger partial charge in [-0.2, -0.15) is 0 Å². The van der Waals surface area contributed by atoms with Gasteiger partial charge in [0.2, 0.25) is 0 Å². The van der Waals surface area contributed by atoms with Crippen LogP contribution in [0.4, 0.5) is 14.5 Å². The molecule has 1 aliphatic rings. The van der Waals surface area contributed by atoms with Gasteiger partial charge in [0.1, 0.15) is 16.5 Å². The van der Waals surface area contributed by atoms with E-state index in [2.05, 4.69) is 14.6 Å². The molecule has 41 heavy (non-hydrogen) atoms. The highest BCUT2D eigenvalue weighted by Gasteiger charge is 2.20. The fourth-order valence-corrected chi connectivity index (χ4v) is 5.91. The lowest BCUT2D eigenvalue weighted by Crippen LogP contribution is -2.31. The van der Waals surface area contributed by atoms with Crippen molar-refractivity contribution >= 4 is 26.6 Å². The van der Waals surface area contributed by atoms with Gasteiger partial charge >= 0.3 is 0 Å². The van der Waals surface area contributed by atoms with Crippen molar-refractivity contribution < 1.29 is 31.4 Å². The Morgan fingerprint density at radius 3 is 2.46 bits per heavy atom. The van der Waals surface area contributed by atoms with Crippen LogP contribution in [-0.4, -0.2) is 51.7 Å². The van der Waals surface area contributed by atoms with Crippen LogP contribution >= 0.6 is 0 Å². The monoisotopic (exact) mass is 583 g/mol. The number of pyridine rings is 1. The maximum atomic E-state index is 15.0. The molecule has 0 atom stereocenters. The Balaban J connectivity index is 1.30. The Morgan fingerprint density at radius 2 is 1.71 bits per heavy atom. The van der Waals surface area contributed by atoms with Gasteiger partial charge in [0.15, 0.2) is 23.1 Å². The van der Waals surface area contributed by atoms with Crippen LogP contribution in [0.5, 0.6) is 23.0 Å². The third kappa shape index (κ3) is 6.86. The van der Waals surface area contributed by atoms with E-state index in [4.69, 9.17) is 14.2 Å². The second-order valence-electron chi connectivity index (χ2n) is 9.72. The molecule has 1 saturated heterocycles. The van der Waals surface area contributed by atoms with Crippen molar-refractivity contribution in [1.82, 2.24) is 9.88 Å². The number of anilines is 1. The number of fused-ring (bicyclic) bond motifs is 1. The molecule has 5 rings (SSSR count). The first-order chi connectivity index (χ1) is 19.8. The summed E-state index contributed by atoms with van der Waals surface area (Å²) in [5.41, 5.74) is 0.491. The van der Waals surface area contributed by atoms with Crippen LogP contribution < -0.4 is 18.9 Å². The van der Waals surface area contributed by atoms with Crippen molar-refractivity contribution in [2.45, 2.75) is 30.6 Å². The molecule has 0 bridgehead atoms. The second kappa shape index (κ2) is 12.7. The first kappa shape index (κ1) is 28.6. The number of hydrogen-bond acceptors (Lipinski definition) is 7. The van der Waals surface area contributed by atoms with Crippen LogP contribution in [0.25, 0.3) is 10.9 Å². The van der Waals surface area contributed by atoms with E-state index in [1.807, 2.05) is 0 Å². The van der Waals surface area contributed by atoms with Crippen molar-refractivity contribution in [2.75, 3.05) is 38.1 Å². The largest absolute Gasteiger partial charge is 0.493 e. The van der Waals surface area contributed by atoms with Gasteiger partial charge in [-0.05, 0) is 68.8 Å². The fraction of sp³-hybridized carbons (Fsp3) is 0.300. The molecule has 1 fully saturated rings. The van der Waals surface area contributed by atoms with Crippen molar-refractivity contribution in [3.8, 4) is 23.0 Å². The smallest absolute Gasteiger partial charge is 0.264 e. The van der Waals surface area contributed by atoms with Crippen molar-refractivity contribution in [2.24, 2.45) is 0 Å². The molecule has 1 aliphatic heterocycles. The summed E-state index contributed by atoms with van der Waals surface area (Å²) < 4.78 is 73.8. The van der Waals surface area contributed by atoms with Crippen LogP contribution in [-0.2, 0) is 10.0 Å². The van der Waals surface area contributed by atoms with Gasteiger partial charge in [0.25, 0.3) is 10.0 Å². The highest BCUT2D eigenvalue weighted by molar-refractivity contribution is 7.92. The number of ether oxygens (including phenoxy) is 3. The summed E-state index contributed by atoms with van der Waals surface area (Å²) in [6.07, 6.45) is 6.23. The molecule has 0 unspecified atom stereocenters. The van der Waals surface area contributed by atoms with Crippen molar-refractivity contribution in [1.29, 1.82) is 0 Å². The number of halogens is 2. The molecular weight excluding hydrogens is 552 g/mol. The minimum atomic E-state index is -4.26. The third-order valence-corrected chi connectivity index (χ3v) is 8.26. The Hall–Kier alpha value is -3.96. The summed E-state index contributed by atoms with van der Waals surface area (Å²) in [6, 6.07) is 13.6. The van der Waals surface area contributed by atoms with Gasteiger partial charge in [0.05, 0.1) is 24.9 Å². The Bertz CT molecular complexity index is 1630. The number of aromatic nitrogens is 1. The van der Waals surface area contributed by atoms with E-state index in [-0.39, 0.29) is 11.4 Å². The third-order valence-electron chi connectivity index (χ3n) is 6.84. The number of rotatable bonds is 11. The molecule has 4 aromatic rings. The van der Waals surface area contributed by atoms with Gasteiger partial charge in [-0.3, -0.25) is 9.71 Å². The zero-order valence-corrected chi connectivity index (χ0v) is 23.4. The van der Waals surface area contributed by atoms with Gasteiger partial charge in [-0.1, -0.05) is 18.6 Å². The molecule has 0 amide bonds. The van der Waals surface area contributed by atoms with Crippen LogP contribution in [0.1, 0.15) is 25.7 Å². The number of piperidine rings is 1. The number of likely N-dealkylation sites (tertiary alicyclic amines) is 1. The van der Waals surface area contributed by atoms with Crippen LogP contribution in [0.15, 0.2) is 71.8 Å². The van der Waals surface area contributed by atoms with E-state index in [0.29, 0.717) is 34.8 Å². The van der Waals surface area contributed by atoms with E-state index in [1.54, 1.807) is 31.5 Å². The first-order valence-electron chi connectivity index (χ1n) is 13.4. The van der Waals surface area contributed by atoms with Gasteiger partial charge < -0.3 is 19.1 Å². The lowest BCUT2D eigenvalue weighted by Gasteiger charge is -2.26. The molecule has 3 aromatic carbocycles. The predicted octanol–water partition coefficient (Wildman–Crippen LogP) is 6.37. The number of nitrogens with one attached hydrogen (secondary N) is 1. The zero-order valence-electron chi connectivity index (χ0n) is 22.6. The van der Waals surface area contributed by atoms with E-state index >= 15 is 4.39 Å². The highest BCUT2D eigenvalue weighted by Crippen LogP contribution is 2.38. The molecule has 8 nitrogen and oxygen atoms in total. The molecule has 0 saturated carbocycles. The topological polar surface area (TPSA) is 90.0 Å². The average Bonchev–Trinajstić information content (AvgIpc) is 2.97. The Labute approximate surface area is 237 Å². The number of hydrogen-bond donors (Lipinski definition) is 1. The van der Waals surface area contributed by atoms with Gasteiger partial charge in [-0.15, -0.1) is 0 Å². The van der Waals surface area contributed by atoms with E-state index in [0.717, 1.165) is 44.3 Å². The van der Waals surface area contributed by atoms with Gasteiger partial charge in [0, 0.05) is 30.3 Å². The maximum absolute atomic E-state index is 15.0. The molecular formula is C30H31F2N3O5S. The summed E-state index contributed by atoms with van der Waals surface area (Å²) in [5.74, 6) is -0.490. The lowest BCUT2D eigenvalue weighted by atomic mass is 10.1. The molecule has 2 heterocycles. The Morgan fingerprint density at radius 1 is 0.902 bits per heavy atom. The van der Waals surface area contributed by atoms with E-state index < -0.39 is 26.6 Å². The predicted molar refractivity (Wildman–Crippen MR) is 152 cm³/mol. The number of sulfonamides is 1. The molecule has 0 spiro atoms. The minimum Gasteiger partial charge on any atom is -0.493 e. The molecule has 216 valence electrons. The average molecular weight is 584 g/mol. The zero-order chi connectivity index (χ0) is 28.8. The summed E-state index contributed by atoms with van der Waals surface area (Å²) in [6.45, 7) is 3.80. The number of methoxy groups -OCH3 is 1. The molecule has 0 radical (unpaired) electrons.